The minimum Gasteiger partial charge on any atom is -0.487 e. The van der Waals surface area contributed by atoms with E-state index < -0.39 is 0 Å². The third-order valence-corrected chi connectivity index (χ3v) is 5.70. The summed E-state index contributed by atoms with van der Waals surface area (Å²) in [6, 6.07) is 19.4. The lowest BCUT2D eigenvalue weighted by Crippen LogP contribution is -2.21. The van der Waals surface area contributed by atoms with Crippen LogP contribution in [0.5, 0.6) is 5.75 Å². The van der Waals surface area contributed by atoms with Crippen LogP contribution in [0.3, 0.4) is 0 Å². The summed E-state index contributed by atoms with van der Waals surface area (Å²) in [4.78, 5) is 13.7. The maximum atomic E-state index is 12.5. The van der Waals surface area contributed by atoms with Gasteiger partial charge in [-0.25, -0.2) is 0 Å². The van der Waals surface area contributed by atoms with E-state index in [4.69, 9.17) is 16.3 Å². The zero-order chi connectivity index (χ0) is 18.4. The predicted molar refractivity (Wildman–Crippen MR) is 111 cm³/mol. The standard InChI is InChI=1S/C20H17BrClNO2S/c21-19-18(25-14-15-6-8-16(22)9-7-15)10-11-23(20(19)24)12-13-26-17-4-2-1-3-5-17/h1-11H,12-14H2. The van der Waals surface area contributed by atoms with Gasteiger partial charge in [-0.15, -0.1) is 11.8 Å². The van der Waals surface area contributed by atoms with E-state index in [1.165, 1.54) is 4.90 Å². The fourth-order valence-electron chi connectivity index (χ4n) is 2.34. The summed E-state index contributed by atoms with van der Waals surface area (Å²) in [5.74, 6) is 1.36. The van der Waals surface area contributed by atoms with Gasteiger partial charge in [0.2, 0.25) is 0 Å². The van der Waals surface area contributed by atoms with E-state index in [0.717, 1.165) is 11.3 Å². The zero-order valence-electron chi connectivity index (χ0n) is 13.9. The molecule has 0 N–H and O–H groups in total. The van der Waals surface area contributed by atoms with Crippen LogP contribution in [-0.4, -0.2) is 10.3 Å². The Morgan fingerprint density at radius 3 is 2.50 bits per heavy atom. The Labute approximate surface area is 170 Å². The normalized spacial score (nSPS) is 10.7. The summed E-state index contributed by atoms with van der Waals surface area (Å²) >= 11 is 11.0. The van der Waals surface area contributed by atoms with Crippen molar-refractivity contribution in [1.29, 1.82) is 0 Å². The molecule has 3 rings (SSSR count). The molecule has 134 valence electrons. The number of rotatable bonds is 7. The maximum absolute atomic E-state index is 12.5. The minimum absolute atomic E-state index is 0.0905. The third kappa shape index (κ3) is 5.16. The van der Waals surface area contributed by atoms with E-state index in [0.29, 0.717) is 28.4 Å². The molecule has 3 aromatic rings. The van der Waals surface area contributed by atoms with Crippen LogP contribution in [0.1, 0.15) is 5.56 Å². The monoisotopic (exact) mass is 449 g/mol. The van der Waals surface area contributed by atoms with E-state index in [1.807, 2.05) is 48.5 Å². The Bertz CT molecular complexity index is 913. The summed E-state index contributed by atoms with van der Waals surface area (Å²) in [6.45, 7) is 1.01. The zero-order valence-corrected chi connectivity index (χ0v) is 17.1. The third-order valence-electron chi connectivity index (χ3n) is 3.72. The lowest BCUT2D eigenvalue weighted by molar-refractivity contribution is 0.302. The molecular weight excluding hydrogens is 434 g/mol. The Balaban J connectivity index is 1.60. The van der Waals surface area contributed by atoms with E-state index in [1.54, 1.807) is 22.5 Å². The lowest BCUT2D eigenvalue weighted by atomic mass is 10.2. The SMILES string of the molecule is O=c1c(Br)c(OCc2ccc(Cl)cc2)ccn1CCSc1ccccc1. The molecule has 1 heterocycles. The molecule has 0 aliphatic heterocycles. The van der Waals surface area contributed by atoms with Crippen molar-refractivity contribution in [3.05, 3.63) is 92.3 Å². The first kappa shape index (κ1) is 19.1. The largest absolute Gasteiger partial charge is 0.487 e. The first-order valence-electron chi connectivity index (χ1n) is 8.07. The molecule has 0 atom stereocenters. The second-order valence-electron chi connectivity index (χ2n) is 5.57. The van der Waals surface area contributed by atoms with E-state index >= 15 is 0 Å². The highest BCUT2D eigenvalue weighted by Gasteiger charge is 2.09. The second-order valence-corrected chi connectivity index (χ2v) is 7.97. The molecule has 3 nitrogen and oxygen atoms in total. The van der Waals surface area contributed by atoms with Crippen molar-refractivity contribution in [2.24, 2.45) is 0 Å². The molecule has 0 radical (unpaired) electrons. The van der Waals surface area contributed by atoms with Crippen molar-refractivity contribution in [1.82, 2.24) is 4.57 Å². The molecule has 26 heavy (non-hydrogen) atoms. The molecule has 0 amide bonds. The van der Waals surface area contributed by atoms with Crippen LogP contribution in [0.15, 0.2) is 81.0 Å². The summed E-state index contributed by atoms with van der Waals surface area (Å²) in [6.07, 6.45) is 1.77. The van der Waals surface area contributed by atoms with Gasteiger partial charge in [0.25, 0.3) is 5.56 Å². The molecule has 0 saturated heterocycles. The summed E-state index contributed by atoms with van der Waals surface area (Å²) < 4.78 is 7.90. The lowest BCUT2D eigenvalue weighted by Gasteiger charge is -2.11. The van der Waals surface area contributed by atoms with E-state index in [2.05, 4.69) is 28.1 Å². The quantitative estimate of drug-likeness (QED) is 0.437. The van der Waals surface area contributed by atoms with Crippen molar-refractivity contribution in [2.75, 3.05) is 5.75 Å². The van der Waals surface area contributed by atoms with Gasteiger partial charge in [-0.3, -0.25) is 4.79 Å². The van der Waals surface area contributed by atoms with Crippen LogP contribution in [-0.2, 0) is 13.2 Å². The molecule has 2 aromatic carbocycles. The molecule has 0 aliphatic carbocycles. The van der Waals surface area contributed by atoms with Gasteiger partial charge in [0, 0.05) is 28.4 Å². The summed E-state index contributed by atoms with van der Waals surface area (Å²) in [7, 11) is 0. The molecule has 0 bridgehead atoms. The van der Waals surface area contributed by atoms with Gasteiger partial charge in [-0.05, 0) is 51.8 Å². The van der Waals surface area contributed by atoms with Crippen LogP contribution in [0.4, 0.5) is 0 Å². The average Bonchev–Trinajstić information content (AvgIpc) is 2.67. The maximum Gasteiger partial charge on any atom is 0.268 e. The Morgan fingerprint density at radius 1 is 1.04 bits per heavy atom. The van der Waals surface area contributed by atoms with Crippen LogP contribution < -0.4 is 10.3 Å². The van der Waals surface area contributed by atoms with Crippen molar-refractivity contribution in [3.8, 4) is 5.75 Å². The molecule has 1 aromatic heterocycles. The number of hydrogen-bond donors (Lipinski definition) is 0. The Morgan fingerprint density at radius 2 is 1.77 bits per heavy atom. The van der Waals surface area contributed by atoms with Crippen molar-refractivity contribution in [3.63, 3.8) is 0 Å². The van der Waals surface area contributed by atoms with Crippen molar-refractivity contribution in [2.45, 2.75) is 18.0 Å². The predicted octanol–water partition coefficient (Wildman–Crippen LogP) is 5.64. The van der Waals surface area contributed by atoms with Gasteiger partial charge >= 0.3 is 0 Å². The van der Waals surface area contributed by atoms with Gasteiger partial charge in [0.05, 0.1) is 0 Å². The Hall–Kier alpha value is -1.69. The molecule has 0 unspecified atom stereocenters. The number of thioether (sulfide) groups is 1. The molecule has 0 saturated carbocycles. The van der Waals surface area contributed by atoms with Gasteiger partial charge in [-0.1, -0.05) is 41.9 Å². The minimum atomic E-state index is -0.0905. The molecule has 0 aliphatic rings. The summed E-state index contributed by atoms with van der Waals surface area (Å²) in [5.41, 5.74) is 0.900. The van der Waals surface area contributed by atoms with Gasteiger partial charge in [0.1, 0.15) is 16.8 Å². The van der Waals surface area contributed by atoms with Crippen LogP contribution >= 0.6 is 39.3 Å². The first-order valence-corrected chi connectivity index (χ1v) is 10.2. The van der Waals surface area contributed by atoms with Crippen LogP contribution in [0.2, 0.25) is 5.02 Å². The highest BCUT2D eigenvalue weighted by molar-refractivity contribution is 9.10. The number of benzene rings is 2. The summed E-state index contributed by atoms with van der Waals surface area (Å²) in [5, 5.41) is 0.686. The van der Waals surface area contributed by atoms with Gasteiger partial charge in [-0.2, -0.15) is 0 Å². The van der Waals surface area contributed by atoms with Crippen molar-refractivity contribution >= 4 is 39.3 Å². The number of hydrogen-bond acceptors (Lipinski definition) is 3. The Kier molecular flexibility index (Phi) is 6.83. The average molecular weight is 451 g/mol. The van der Waals surface area contributed by atoms with Crippen LogP contribution in [0, 0.1) is 0 Å². The number of halogens is 2. The smallest absolute Gasteiger partial charge is 0.268 e. The van der Waals surface area contributed by atoms with Gasteiger partial charge < -0.3 is 9.30 Å². The number of aromatic nitrogens is 1. The highest BCUT2D eigenvalue weighted by atomic mass is 79.9. The number of nitrogens with zero attached hydrogens (tertiary/aromatic N) is 1. The van der Waals surface area contributed by atoms with Crippen molar-refractivity contribution < 1.29 is 4.74 Å². The fourth-order valence-corrected chi connectivity index (χ4v) is 3.81. The van der Waals surface area contributed by atoms with E-state index in [-0.39, 0.29) is 5.56 Å². The number of ether oxygens (including phenoxy) is 1. The fraction of sp³-hybridized carbons (Fsp3) is 0.150. The van der Waals surface area contributed by atoms with Crippen LogP contribution in [0.25, 0.3) is 0 Å². The second kappa shape index (κ2) is 9.31. The van der Waals surface area contributed by atoms with E-state index in [9.17, 15) is 4.79 Å². The highest BCUT2D eigenvalue weighted by Crippen LogP contribution is 2.22. The van der Waals surface area contributed by atoms with Gasteiger partial charge in [0.15, 0.2) is 0 Å². The first-order chi connectivity index (χ1) is 12.6. The number of pyridine rings is 1. The number of aryl methyl sites for hydroxylation is 1. The topological polar surface area (TPSA) is 31.2 Å². The molecule has 0 spiro atoms. The molecular formula is C20H17BrClNO2S. The molecule has 0 fully saturated rings. The molecule has 6 heteroatoms.